The van der Waals surface area contributed by atoms with Gasteiger partial charge in [-0.25, -0.2) is 0 Å². The van der Waals surface area contributed by atoms with Gasteiger partial charge in [-0.2, -0.15) is 0 Å². The fourth-order valence-corrected chi connectivity index (χ4v) is 2.42. The molecular formula is C17H21NO3. The highest BCUT2D eigenvalue weighted by atomic mass is 16.5. The zero-order chi connectivity index (χ0) is 15.2. The van der Waals surface area contributed by atoms with E-state index >= 15 is 0 Å². The van der Waals surface area contributed by atoms with Crippen LogP contribution in [0.4, 0.5) is 0 Å². The van der Waals surface area contributed by atoms with Gasteiger partial charge in [0.05, 0.1) is 18.9 Å². The average Bonchev–Trinajstić information content (AvgIpc) is 3.03. The fraction of sp³-hybridized carbons (Fsp3) is 0.353. The molecule has 1 atom stereocenters. The number of ether oxygens (including phenoxy) is 1. The van der Waals surface area contributed by atoms with Gasteiger partial charge in [0, 0.05) is 12.6 Å². The lowest BCUT2D eigenvalue weighted by atomic mass is 10.1. The summed E-state index contributed by atoms with van der Waals surface area (Å²) in [4.78, 5) is 14.3. The third-order valence-electron chi connectivity index (χ3n) is 3.59. The maximum absolute atomic E-state index is 12.4. The lowest BCUT2D eigenvalue weighted by molar-refractivity contribution is 0.0702. The van der Waals surface area contributed by atoms with Crippen LogP contribution in [-0.2, 0) is 6.42 Å². The average molecular weight is 287 g/mol. The molecule has 0 fully saturated rings. The summed E-state index contributed by atoms with van der Waals surface area (Å²) in [6.45, 7) is 4.72. The largest absolute Gasteiger partial charge is 0.497 e. The Morgan fingerprint density at radius 2 is 2.00 bits per heavy atom. The van der Waals surface area contributed by atoms with E-state index in [4.69, 9.17) is 9.15 Å². The first-order chi connectivity index (χ1) is 10.2. The Hall–Kier alpha value is -2.23. The Bertz CT molecular complexity index is 560. The van der Waals surface area contributed by atoms with Gasteiger partial charge in [0.15, 0.2) is 0 Å². The summed E-state index contributed by atoms with van der Waals surface area (Å²) in [7, 11) is 1.65. The maximum Gasteiger partial charge on any atom is 0.257 e. The number of amides is 1. The standard InChI is InChI=1S/C17H21NO3/c1-4-18(17(19)15-9-10-21-12-15)13(2)11-14-5-7-16(20-3)8-6-14/h5-10,12-13H,4,11H2,1-3H3/t13-/m1/s1. The first-order valence-electron chi connectivity index (χ1n) is 7.11. The van der Waals surface area contributed by atoms with E-state index in [1.165, 1.54) is 18.1 Å². The molecule has 0 spiro atoms. The number of furan rings is 1. The predicted molar refractivity (Wildman–Crippen MR) is 81.6 cm³/mol. The molecule has 0 radical (unpaired) electrons. The third-order valence-corrected chi connectivity index (χ3v) is 3.59. The van der Waals surface area contributed by atoms with Crippen LogP contribution in [0.5, 0.6) is 5.75 Å². The number of benzene rings is 1. The summed E-state index contributed by atoms with van der Waals surface area (Å²) < 4.78 is 10.1. The molecule has 4 nitrogen and oxygen atoms in total. The topological polar surface area (TPSA) is 42.7 Å². The molecule has 4 heteroatoms. The number of nitrogens with zero attached hydrogens (tertiary/aromatic N) is 1. The van der Waals surface area contributed by atoms with Crippen molar-refractivity contribution in [2.75, 3.05) is 13.7 Å². The second-order valence-electron chi connectivity index (χ2n) is 5.00. The molecule has 2 aromatic rings. The molecule has 0 saturated carbocycles. The van der Waals surface area contributed by atoms with Crippen molar-refractivity contribution in [2.45, 2.75) is 26.3 Å². The van der Waals surface area contributed by atoms with Crippen molar-refractivity contribution >= 4 is 5.91 Å². The van der Waals surface area contributed by atoms with Gasteiger partial charge in [-0.15, -0.1) is 0 Å². The van der Waals surface area contributed by atoms with E-state index in [9.17, 15) is 4.79 Å². The molecular weight excluding hydrogens is 266 g/mol. The molecule has 0 unspecified atom stereocenters. The van der Waals surface area contributed by atoms with Crippen molar-refractivity contribution in [3.05, 3.63) is 54.0 Å². The fourth-order valence-electron chi connectivity index (χ4n) is 2.42. The highest BCUT2D eigenvalue weighted by Gasteiger charge is 2.20. The molecule has 0 bridgehead atoms. The minimum Gasteiger partial charge on any atom is -0.497 e. The van der Waals surface area contributed by atoms with Crippen molar-refractivity contribution in [1.82, 2.24) is 4.90 Å². The summed E-state index contributed by atoms with van der Waals surface area (Å²) in [5, 5.41) is 0. The quantitative estimate of drug-likeness (QED) is 0.818. The van der Waals surface area contributed by atoms with Crippen LogP contribution in [0.25, 0.3) is 0 Å². The first kappa shape index (κ1) is 15.2. The molecule has 112 valence electrons. The molecule has 2 rings (SSSR count). The Balaban J connectivity index is 2.05. The minimum absolute atomic E-state index is 0.00672. The van der Waals surface area contributed by atoms with Crippen LogP contribution < -0.4 is 4.74 Å². The number of hydrogen-bond donors (Lipinski definition) is 0. The van der Waals surface area contributed by atoms with E-state index in [0.29, 0.717) is 12.1 Å². The third kappa shape index (κ3) is 3.66. The van der Waals surface area contributed by atoms with Crippen molar-refractivity contribution in [3.63, 3.8) is 0 Å². The predicted octanol–water partition coefficient (Wildman–Crippen LogP) is 3.38. The smallest absolute Gasteiger partial charge is 0.257 e. The highest BCUT2D eigenvalue weighted by molar-refractivity contribution is 5.94. The second-order valence-corrected chi connectivity index (χ2v) is 5.00. The highest BCUT2D eigenvalue weighted by Crippen LogP contribution is 2.16. The molecule has 0 N–H and O–H groups in total. The monoisotopic (exact) mass is 287 g/mol. The minimum atomic E-state index is 0.00672. The zero-order valence-corrected chi connectivity index (χ0v) is 12.7. The van der Waals surface area contributed by atoms with Gasteiger partial charge >= 0.3 is 0 Å². The van der Waals surface area contributed by atoms with E-state index in [2.05, 4.69) is 6.92 Å². The van der Waals surface area contributed by atoms with E-state index in [1.807, 2.05) is 36.1 Å². The summed E-state index contributed by atoms with van der Waals surface area (Å²) >= 11 is 0. The summed E-state index contributed by atoms with van der Waals surface area (Å²) in [6.07, 6.45) is 3.82. The van der Waals surface area contributed by atoms with Gasteiger partial charge < -0.3 is 14.1 Å². The molecule has 1 aromatic carbocycles. The van der Waals surface area contributed by atoms with Crippen molar-refractivity contribution in [1.29, 1.82) is 0 Å². The van der Waals surface area contributed by atoms with E-state index in [0.717, 1.165) is 12.2 Å². The van der Waals surface area contributed by atoms with E-state index < -0.39 is 0 Å². The van der Waals surface area contributed by atoms with Gasteiger partial charge in [-0.1, -0.05) is 12.1 Å². The normalized spacial score (nSPS) is 12.0. The molecule has 1 heterocycles. The molecule has 1 amide bonds. The van der Waals surface area contributed by atoms with Crippen LogP contribution in [0.2, 0.25) is 0 Å². The van der Waals surface area contributed by atoms with Crippen LogP contribution in [0.15, 0.2) is 47.3 Å². The number of methoxy groups -OCH3 is 1. The SMILES string of the molecule is CCN(C(=O)c1ccoc1)[C@H](C)Cc1ccc(OC)cc1. The number of rotatable bonds is 6. The molecule has 1 aromatic heterocycles. The van der Waals surface area contributed by atoms with Gasteiger partial charge in [-0.3, -0.25) is 4.79 Å². The molecule has 0 aliphatic rings. The Morgan fingerprint density at radius 3 is 2.52 bits per heavy atom. The van der Waals surface area contributed by atoms with Crippen molar-refractivity contribution in [2.24, 2.45) is 0 Å². The molecule has 0 saturated heterocycles. The van der Waals surface area contributed by atoms with Crippen LogP contribution >= 0.6 is 0 Å². The summed E-state index contributed by atoms with van der Waals surface area (Å²) in [5.74, 6) is 0.848. The van der Waals surface area contributed by atoms with Crippen molar-refractivity contribution in [3.8, 4) is 5.75 Å². The summed E-state index contributed by atoms with van der Waals surface area (Å²) in [5.41, 5.74) is 1.78. The zero-order valence-electron chi connectivity index (χ0n) is 12.7. The lowest BCUT2D eigenvalue weighted by Gasteiger charge is -2.28. The van der Waals surface area contributed by atoms with Crippen molar-refractivity contribution < 1.29 is 13.9 Å². The number of carbonyl (C=O) groups excluding carboxylic acids is 1. The number of hydrogen-bond acceptors (Lipinski definition) is 3. The second kappa shape index (κ2) is 6.97. The number of carbonyl (C=O) groups is 1. The van der Waals surface area contributed by atoms with Crippen LogP contribution in [0.1, 0.15) is 29.8 Å². The first-order valence-corrected chi connectivity index (χ1v) is 7.11. The van der Waals surface area contributed by atoms with E-state index in [-0.39, 0.29) is 11.9 Å². The lowest BCUT2D eigenvalue weighted by Crippen LogP contribution is -2.39. The van der Waals surface area contributed by atoms with Gasteiger partial charge in [0.1, 0.15) is 12.0 Å². The van der Waals surface area contributed by atoms with Crippen LogP contribution in [-0.4, -0.2) is 30.5 Å². The molecule has 0 aliphatic carbocycles. The van der Waals surface area contributed by atoms with Gasteiger partial charge in [0.25, 0.3) is 5.91 Å². The van der Waals surface area contributed by atoms with Crippen LogP contribution in [0.3, 0.4) is 0 Å². The Labute approximate surface area is 125 Å². The Morgan fingerprint density at radius 1 is 1.29 bits per heavy atom. The van der Waals surface area contributed by atoms with Gasteiger partial charge in [-0.05, 0) is 44.0 Å². The molecule has 0 aliphatic heterocycles. The number of likely N-dealkylation sites (N-methyl/N-ethyl adjacent to an activating group) is 1. The summed E-state index contributed by atoms with van der Waals surface area (Å²) in [6, 6.07) is 9.76. The van der Waals surface area contributed by atoms with Gasteiger partial charge in [0.2, 0.25) is 0 Å². The maximum atomic E-state index is 12.4. The van der Waals surface area contributed by atoms with Crippen LogP contribution in [0, 0.1) is 0 Å². The Kier molecular flexibility index (Phi) is 5.04. The molecule has 21 heavy (non-hydrogen) atoms. The van der Waals surface area contributed by atoms with E-state index in [1.54, 1.807) is 13.2 Å².